The summed E-state index contributed by atoms with van der Waals surface area (Å²) >= 11 is 1.72. The van der Waals surface area contributed by atoms with E-state index in [1.54, 1.807) is 11.3 Å². The normalized spacial score (nSPS) is 11.2. The van der Waals surface area contributed by atoms with Crippen LogP contribution in [-0.4, -0.2) is 4.98 Å². The Labute approximate surface area is 125 Å². The summed E-state index contributed by atoms with van der Waals surface area (Å²) in [7, 11) is 0. The molecule has 1 heterocycles. The molecule has 0 bridgehead atoms. The second kappa shape index (κ2) is 6.51. The van der Waals surface area contributed by atoms with Crippen molar-refractivity contribution in [3.63, 3.8) is 0 Å². The van der Waals surface area contributed by atoms with Crippen LogP contribution in [0.1, 0.15) is 38.4 Å². The van der Waals surface area contributed by atoms with Crippen LogP contribution in [-0.2, 0) is 12.0 Å². The van der Waals surface area contributed by atoms with Crippen molar-refractivity contribution in [1.29, 1.82) is 0 Å². The molecule has 0 unspecified atom stereocenters. The van der Waals surface area contributed by atoms with Crippen LogP contribution in [0.25, 0.3) is 10.6 Å². The SMILES string of the molecule is CCC(C)(C)c1csc(-c2ccc(CN)cc2)n1.Cl. The number of hydrogen-bond donors (Lipinski definition) is 1. The van der Waals surface area contributed by atoms with Crippen LogP contribution in [0.5, 0.6) is 0 Å². The Morgan fingerprint density at radius 1 is 1.21 bits per heavy atom. The summed E-state index contributed by atoms with van der Waals surface area (Å²) in [5, 5.41) is 3.27. The predicted octanol–water partition coefficient (Wildman–Crippen LogP) is 4.38. The first-order chi connectivity index (χ1) is 8.56. The van der Waals surface area contributed by atoms with Crippen LogP contribution in [0.2, 0.25) is 0 Å². The van der Waals surface area contributed by atoms with Gasteiger partial charge in [-0.05, 0) is 12.0 Å². The quantitative estimate of drug-likeness (QED) is 0.909. The van der Waals surface area contributed by atoms with E-state index >= 15 is 0 Å². The summed E-state index contributed by atoms with van der Waals surface area (Å²) in [6.07, 6.45) is 1.10. The number of nitrogens with zero attached hydrogens (tertiary/aromatic N) is 1. The van der Waals surface area contributed by atoms with Crippen molar-refractivity contribution in [2.24, 2.45) is 5.73 Å². The summed E-state index contributed by atoms with van der Waals surface area (Å²) < 4.78 is 0. The maximum atomic E-state index is 5.60. The van der Waals surface area contributed by atoms with E-state index in [2.05, 4.69) is 50.4 Å². The van der Waals surface area contributed by atoms with Gasteiger partial charge in [0.2, 0.25) is 0 Å². The maximum Gasteiger partial charge on any atom is 0.123 e. The number of aromatic nitrogens is 1. The Kier molecular flexibility index (Phi) is 5.53. The van der Waals surface area contributed by atoms with Crippen molar-refractivity contribution in [1.82, 2.24) is 4.98 Å². The standard InChI is InChI=1S/C15H20N2S.ClH/c1-4-15(2,3)13-10-18-14(17-13)12-7-5-11(9-16)6-8-12;/h5-8,10H,4,9,16H2,1-3H3;1H. The van der Waals surface area contributed by atoms with Gasteiger partial charge >= 0.3 is 0 Å². The molecule has 1 aromatic heterocycles. The first-order valence-corrected chi connectivity index (χ1v) is 7.20. The van der Waals surface area contributed by atoms with Gasteiger partial charge in [0.25, 0.3) is 0 Å². The molecule has 19 heavy (non-hydrogen) atoms. The molecular weight excluding hydrogens is 276 g/mol. The molecule has 0 saturated carbocycles. The van der Waals surface area contributed by atoms with Crippen molar-refractivity contribution in [2.45, 2.75) is 39.2 Å². The van der Waals surface area contributed by atoms with Gasteiger partial charge in [0.15, 0.2) is 0 Å². The molecule has 2 nitrogen and oxygen atoms in total. The minimum atomic E-state index is 0. The number of thiazole rings is 1. The van der Waals surface area contributed by atoms with Gasteiger partial charge in [-0.2, -0.15) is 0 Å². The molecule has 4 heteroatoms. The number of benzene rings is 1. The van der Waals surface area contributed by atoms with Gasteiger partial charge in [-0.25, -0.2) is 4.98 Å². The van der Waals surface area contributed by atoms with E-state index < -0.39 is 0 Å². The first kappa shape index (κ1) is 16.2. The molecule has 0 aliphatic carbocycles. The van der Waals surface area contributed by atoms with E-state index in [-0.39, 0.29) is 17.8 Å². The Bertz CT molecular complexity index is 517. The smallest absolute Gasteiger partial charge is 0.123 e. The zero-order chi connectivity index (χ0) is 13.2. The van der Waals surface area contributed by atoms with E-state index in [0.29, 0.717) is 6.54 Å². The average Bonchev–Trinajstić information content (AvgIpc) is 2.89. The molecule has 0 spiro atoms. The van der Waals surface area contributed by atoms with Crippen LogP contribution >= 0.6 is 23.7 Å². The lowest BCUT2D eigenvalue weighted by molar-refractivity contribution is 0.493. The first-order valence-electron chi connectivity index (χ1n) is 6.32. The molecule has 0 saturated heterocycles. The lowest BCUT2D eigenvalue weighted by atomic mass is 9.87. The number of hydrogen-bond acceptors (Lipinski definition) is 3. The van der Waals surface area contributed by atoms with Crippen LogP contribution in [0.3, 0.4) is 0 Å². The lowest BCUT2D eigenvalue weighted by Gasteiger charge is -2.19. The van der Waals surface area contributed by atoms with Crippen LogP contribution in [0.15, 0.2) is 29.6 Å². The van der Waals surface area contributed by atoms with Gasteiger partial charge in [-0.3, -0.25) is 0 Å². The monoisotopic (exact) mass is 296 g/mol. The van der Waals surface area contributed by atoms with Crippen LogP contribution in [0.4, 0.5) is 0 Å². The number of rotatable bonds is 4. The minimum absolute atomic E-state index is 0. The molecule has 2 aromatic rings. The molecule has 0 aliphatic heterocycles. The molecule has 1 aromatic carbocycles. The minimum Gasteiger partial charge on any atom is -0.326 e. The fraction of sp³-hybridized carbons (Fsp3) is 0.400. The zero-order valence-electron chi connectivity index (χ0n) is 11.6. The highest BCUT2D eigenvalue weighted by Gasteiger charge is 2.21. The van der Waals surface area contributed by atoms with Crippen LogP contribution < -0.4 is 5.73 Å². The Morgan fingerprint density at radius 3 is 2.37 bits per heavy atom. The second-order valence-corrected chi connectivity index (χ2v) is 6.03. The van der Waals surface area contributed by atoms with E-state index in [1.807, 2.05) is 0 Å². The molecule has 0 atom stereocenters. The van der Waals surface area contributed by atoms with Gasteiger partial charge in [0, 0.05) is 22.9 Å². The van der Waals surface area contributed by atoms with Crippen LogP contribution in [0, 0.1) is 0 Å². The zero-order valence-corrected chi connectivity index (χ0v) is 13.3. The van der Waals surface area contributed by atoms with Gasteiger partial charge in [-0.15, -0.1) is 23.7 Å². The summed E-state index contributed by atoms with van der Waals surface area (Å²) in [6, 6.07) is 8.34. The largest absolute Gasteiger partial charge is 0.326 e. The Hall–Kier alpha value is -0.900. The molecule has 0 aliphatic rings. The third-order valence-electron chi connectivity index (χ3n) is 3.52. The van der Waals surface area contributed by atoms with Gasteiger partial charge in [0.1, 0.15) is 5.01 Å². The van der Waals surface area contributed by atoms with Crippen molar-refractivity contribution >= 4 is 23.7 Å². The molecular formula is C15H21ClN2S. The third kappa shape index (κ3) is 3.56. The molecule has 0 amide bonds. The fourth-order valence-corrected chi connectivity index (χ4v) is 2.70. The summed E-state index contributed by atoms with van der Waals surface area (Å²) in [6.45, 7) is 7.27. The van der Waals surface area contributed by atoms with E-state index in [9.17, 15) is 0 Å². The van der Waals surface area contributed by atoms with Crippen molar-refractivity contribution in [3.05, 3.63) is 40.9 Å². The third-order valence-corrected chi connectivity index (χ3v) is 4.41. The van der Waals surface area contributed by atoms with Crippen molar-refractivity contribution in [2.75, 3.05) is 0 Å². The predicted molar refractivity (Wildman–Crippen MR) is 86.0 cm³/mol. The van der Waals surface area contributed by atoms with E-state index in [4.69, 9.17) is 10.7 Å². The molecule has 2 rings (SSSR count). The summed E-state index contributed by atoms with van der Waals surface area (Å²) in [5.74, 6) is 0. The molecule has 0 radical (unpaired) electrons. The maximum absolute atomic E-state index is 5.60. The summed E-state index contributed by atoms with van der Waals surface area (Å²) in [4.78, 5) is 4.77. The Morgan fingerprint density at radius 2 is 1.84 bits per heavy atom. The molecule has 2 N–H and O–H groups in total. The van der Waals surface area contributed by atoms with Gasteiger partial charge in [0.05, 0.1) is 5.69 Å². The molecule has 104 valence electrons. The van der Waals surface area contributed by atoms with Crippen molar-refractivity contribution < 1.29 is 0 Å². The fourth-order valence-electron chi connectivity index (χ4n) is 1.68. The second-order valence-electron chi connectivity index (χ2n) is 5.18. The van der Waals surface area contributed by atoms with E-state index in [1.165, 1.54) is 11.3 Å². The lowest BCUT2D eigenvalue weighted by Crippen LogP contribution is -2.15. The van der Waals surface area contributed by atoms with Gasteiger partial charge < -0.3 is 5.73 Å². The van der Waals surface area contributed by atoms with Crippen molar-refractivity contribution in [3.8, 4) is 10.6 Å². The number of nitrogens with two attached hydrogens (primary N) is 1. The topological polar surface area (TPSA) is 38.9 Å². The highest BCUT2D eigenvalue weighted by Crippen LogP contribution is 2.31. The highest BCUT2D eigenvalue weighted by molar-refractivity contribution is 7.13. The Balaban J connectivity index is 0.00000180. The molecule has 0 fully saturated rings. The van der Waals surface area contributed by atoms with Gasteiger partial charge in [-0.1, -0.05) is 45.0 Å². The van der Waals surface area contributed by atoms with E-state index in [0.717, 1.165) is 17.0 Å². The number of halogens is 1. The summed E-state index contributed by atoms with van der Waals surface area (Å²) in [5.41, 5.74) is 9.28. The average molecular weight is 297 g/mol. The highest BCUT2D eigenvalue weighted by atomic mass is 35.5.